The van der Waals surface area contributed by atoms with Crippen molar-refractivity contribution in [2.75, 3.05) is 18.1 Å². The summed E-state index contributed by atoms with van der Waals surface area (Å²) in [6.45, 7) is 12.6. The van der Waals surface area contributed by atoms with Gasteiger partial charge in [0.05, 0.1) is 0 Å². The van der Waals surface area contributed by atoms with Crippen molar-refractivity contribution in [2.45, 2.75) is 79.7 Å². The van der Waals surface area contributed by atoms with Gasteiger partial charge in [0.1, 0.15) is 0 Å². The molecule has 0 aliphatic carbocycles. The van der Waals surface area contributed by atoms with E-state index in [1.165, 1.54) is 23.6 Å². The molecule has 0 aliphatic rings. The number of carbonyl (C=O) groups is 2. The molecule has 0 saturated heterocycles. The van der Waals surface area contributed by atoms with Crippen molar-refractivity contribution >= 4 is 23.6 Å². The maximum atomic E-state index is 11.8. The predicted octanol–water partition coefficient (Wildman–Crippen LogP) is 5.17. The summed E-state index contributed by atoms with van der Waals surface area (Å²) < 4.78 is 0. The SMILES string of the molecule is CC(=O)NCCC(=O)NC(C)CSC/C=C(\C)CC/C=C(\C)CCC=C(C)C. The Labute approximate surface area is 176 Å². The van der Waals surface area contributed by atoms with E-state index >= 15 is 0 Å². The lowest BCUT2D eigenvalue weighted by Crippen LogP contribution is -2.36. The molecule has 0 bridgehead atoms. The van der Waals surface area contributed by atoms with Gasteiger partial charge in [-0.05, 0) is 60.3 Å². The van der Waals surface area contributed by atoms with Gasteiger partial charge in [-0.3, -0.25) is 9.59 Å². The van der Waals surface area contributed by atoms with Gasteiger partial charge >= 0.3 is 0 Å². The second-order valence-electron chi connectivity index (χ2n) is 7.70. The molecule has 1 atom stereocenters. The number of amides is 2. The molecular weight excluding hydrogens is 368 g/mol. The third-order valence-electron chi connectivity index (χ3n) is 4.17. The minimum Gasteiger partial charge on any atom is -0.356 e. The van der Waals surface area contributed by atoms with Crippen LogP contribution >= 0.6 is 11.8 Å². The van der Waals surface area contributed by atoms with Crippen LogP contribution in [0.1, 0.15) is 73.6 Å². The highest BCUT2D eigenvalue weighted by Gasteiger charge is 2.07. The zero-order valence-corrected chi connectivity index (χ0v) is 19.5. The van der Waals surface area contributed by atoms with Gasteiger partial charge in [0.25, 0.3) is 0 Å². The summed E-state index contributed by atoms with van der Waals surface area (Å²) in [5, 5.41) is 5.60. The van der Waals surface area contributed by atoms with Crippen LogP contribution in [0.15, 0.2) is 34.9 Å². The van der Waals surface area contributed by atoms with Crippen LogP contribution in [-0.2, 0) is 9.59 Å². The first kappa shape index (κ1) is 26.5. The average molecular weight is 409 g/mol. The van der Waals surface area contributed by atoms with Gasteiger partial charge in [-0.25, -0.2) is 0 Å². The highest BCUT2D eigenvalue weighted by molar-refractivity contribution is 7.99. The molecule has 5 heteroatoms. The van der Waals surface area contributed by atoms with Crippen molar-refractivity contribution in [3.8, 4) is 0 Å². The zero-order valence-electron chi connectivity index (χ0n) is 18.7. The Balaban J connectivity index is 3.89. The molecule has 0 fully saturated rings. The highest BCUT2D eigenvalue weighted by atomic mass is 32.2. The largest absolute Gasteiger partial charge is 0.356 e. The van der Waals surface area contributed by atoms with E-state index in [0.29, 0.717) is 13.0 Å². The molecule has 0 spiro atoms. The van der Waals surface area contributed by atoms with Crippen molar-refractivity contribution < 1.29 is 9.59 Å². The monoisotopic (exact) mass is 408 g/mol. The molecule has 28 heavy (non-hydrogen) atoms. The van der Waals surface area contributed by atoms with E-state index in [2.05, 4.69) is 56.6 Å². The van der Waals surface area contributed by atoms with Crippen molar-refractivity contribution in [3.63, 3.8) is 0 Å². The summed E-state index contributed by atoms with van der Waals surface area (Å²) in [5.41, 5.74) is 4.29. The second kappa shape index (κ2) is 16.5. The number of thioether (sulfide) groups is 1. The number of rotatable bonds is 14. The number of allylic oxidation sites excluding steroid dienone is 5. The second-order valence-corrected chi connectivity index (χ2v) is 8.77. The van der Waals surface area contributed by atoms with Crippen LogP contribution in [0.25, 0.3) is 0 Å². The van der Waals surface area contributed by atoms with Crippen molar-refractivity contribution in [1.82, 2.24) is 10.6 Å². The van der Waals surface area contributed by atoms with Gasteiger partial charge in [-0.1, -0.05) is 34.9 Å². The molecule has 1 unspecified atom stereocenters. The minimum atomic E-state index is -0.104. The van der Waals surface area contributed by atoms with E-state index in [-0.39, 0.29) is 17.9 Å². The summed E-state index contributed by atoms with van der Waals surface area (Å²) in [7, 11) is 0. The maximum absolute atomic E-state index is 11.8. The van der Waals surface area contributed by atoms with E-state index in [0.717, 1.165) is 37.2 Å². The summed E-state index contributed by atoms with van der Waals surface area (Å²) in [6.07, 6.45) is 11.8. The molecule has 0 aromatic rings. The van der Waals surface area contributed by atoms with Crippen LogP contribution in [-0.4, -0.2) is 35.9 Å². The summed E-state index contributed by atoms with van der Waals surface area (Å²) in [4.78, 5) is 22.5. The molecule has 4 nitrogen and oxygen atoms in total. The van der Waals surface area contributed by atoms with Crippen LogP contribution in [0, 0.1) is 0 Å². The minimum absolute atomic E-state index is 0.0136. The van der Waals surface area contributed by atoms with Gasteiger partial charge in [-0.15, -0.1) is 0 Å². The molecule has 2 amide bonds. The average Bonchev–Trinajstić information content (AvgIpc) is 2.58. The van der Waals surface area contributed by atoms with Crippen molar-refractivity contribution in [2.24, 2.45) is 0 Å². The maximum Gasteiger partial charge on any atom is 0.222 e. The van der Waals surface area contributed by atoms with Gasteiger partial charge in [-0.2, -0.15) is 11.8 Å². The molecule has 0 aromatic heterocycles. The Kier molecular flexibility index (Phi) is 15.6. The molecule has 0 aliphatic heterocycles. The van der Waals surface area contributed by atoms with E-state index in [1.807, 2.05) is 18.7 Å². The Hall–Kier alpha value is -1.49. The molecule has 2 N–H and O–H groups in total. The molecule has 0 radical (unpaired) electrons. The predicted molar refractivity (Wildman–Crippen MR) is 124 cm³/mol. The first-order chi connectivity index (χ1) is 13.2. The summed E-state index contributed by atoms with van der Waals surface area (Å²) >= 11 is 1.83. The molecule has 0 rings (SSSR count). The Bertz CT molecular complexity index is 561. The fourth-order valence-corrected chi connectivity index (χ4v) is 3.50. The van der Waals surface area contributed by atoms with Gasteiger partial charge in [0.2, 0.25) is 11.8 Å². The van der Waals surface area contributed by atoms with E-state index in [1.54, 1.807) is 0 Å². The van der Waals surface area contributed by atoms with Crippen LogP contribution in [0.2, 0.25) is 0 Å². The lowest BCUT2D eigenvalue weighted by atomic mass is 10.1. The molecule has 0 saturated carbocycles. The molecular formula is C23H40N2O2S. The Morgan fingerprint density at radius 3 is 2.11 bits per heavy atom. The van der Waals surface area contributed by atoms with Crippen LogP contribution < -0.4 is 10.6 Å². The van der Waals surface area contributed by atoms with Crippen LogP contribution in [0.5, 0.6) is 0 Å². The summed E-state index contributed by atoms with van der Waals surface area (Å²) in [5.74, 6) is 1.74. The number of carbonyl (C=O) groups excluding carboxylic acids is 2. The summed E-state index contributed by atoms with van der Waals surface area (Å²) in [6, 6.07) is 0.134. The fourth-order valence-electron chi connectivity index (χ4n) is 2.53. The molecule has 0 aromatic carbocycles. The topological polar surface area (TPSA) is 58.2 Å². The fraction of sp³-hybridized carbons (Fsp3) is 0.652. The number of nitrogens with one attached hydrogen (secondary N) is 2. The van der Waals surface area contributed by atoms with E-state index in [4.69, 9.17) is 0 Å². The smallest absolute Gasteiger partial charge is 0.222 e. The van der Waals surface area contributed by atoms with Crippen LogP contribution in [0.4, 0.5) is 0 Å². The third kappa shape index (κ3) is 17.9. The standard InChI is InChI=1S/C23H40N2O2S/c1-18(2)9-7-10-19(3)11-8-12-20(4)14-16-28-17-21(5)25-23(27)13-15-24-22(6)26/h9,11,14,21H,7-8,10,12-13,15-17H2,1-6H3,(H,24,26)(H,25,27)/b19-11+,20-14+. The normalized spacial score (nSPS) is 13.1. The van der Waals surface area contributed by atoms with Gasteiger partial charge < -0.3 is 10.6 Å². The lowest BCUT2D eigenvalue weighted by Gasteiger charge is -2.13. The van der Waals surface area contributed by atoms with Gasteiger partial charge in [0.15, 0.2) is 0 Å². The van der Waals surface area contributed by atoms with E-state index in [9.17, 15) is 9.59 Å². The molecule has 0 heterocycles. The quantitative estimate of drug-likeness (QED) is 0.308. The number of hydrogen-bond acceptors (Lipinski definition) is 3. The Morgan fingerprint density at radius 1 is 0.893 bits per heavy atom. The first-order valence-electron chi connectivity index (χ1n) is 10.3. The van der Waals surface area contributed by atoms with Crippen molar-refractivity contribution in [3.05, 3.63) is 34.9 Å². The number of hydrogen-bond donors (Lipinski definition) is 2. The highest BCUT2D eigenvalue weighted by Crippen LogP contribution is 2.12. The van der Waals surface area contributed by atoms with Gasteiger partial charge in [0, 0.05) is 37.4 Å². The van der Waals surface area contributed by atoms with Crippen LogP contribution in [0.3, 0.4) is 0 Å². The third-order valence-corrected chi connectivity index (χ3v) is 5.31. The van der Waals surface area contributed by atoms with Crippen molar-refractivity contribution in [1.29, 1.82) is 0 Å². The van der Waals surface area contributed by atoms with E-state index < -0.39 is 0 Å². The first-order valence-corrected chi connectivity index (χ1v) is 11.4. The Morgan fingerprint density at radius 2 is 1.50 bits per heavy atom. The molecule has 160 valence electrons. The lowest BCUT2D eigenvalue weighted by molar-refractivity contribution is -0.121. The zero-order chi connectivity index (χ0) is 21.4.